The number of benzene rings is 1. The SMILES string of the molecule is CC(=O)c1cccc(Nc2cncc(C(=O)N3CCOCC3)c2)c1. The number of Topliss-reactive ketones (excluding diaryl/α,β-unsaturated/α-hetero) is 1. The van der Waals surface area contributed by atoms with Gasteiger partial charge in [0.15, 0.2) is 5.78 Å². The van der Waals surface area contributed by atoms with E-state index in [0.717, 1.165) is 5.69 Å². The van der Waals surface area contributed by atoms with Gasteiger partial charge in [-0.25, -0.2) is 0 Å². The smallest absolute Gasteiger partial charge is 0.255 e. The van der Waals surface area contributed by atoms with E-state index in [0.29, 0.717) is 43.1 Å². The van der Waals surface area contributed by atoms with Gasteiger partial charge in [0.1, 0.15) is 0 Å². The summed E-state index contributed by atoms with van der Waals surface area (Å²) >= 11 is 0. The molecule has 6 heteroatoms. The highest BCUT2D eigenvalue weighted by atomic mass is 16.5. The third-order valence-electron chi connectivity index (χ3n) is 3.84. The molecule has 2 aromatic rings. The molecule has 124 valence electrons. The fourth-order valence-corrected chi connectivity index (χ4v) is 2.56. The molecule has 0 radical (unpaired) electrons. The van der Waals surface area contributed by atoms with Crippen molar-refractivity contribution >= 4 is 23.1 Å². The molecule has 2 heterocycles. The summed E-state index contributed by atoms with van der Waals surface area (Å²) in [6, 6.07) is 8.99. The molecule has 0 atom stereocenters. The van der Waals surface area contributed by atoms with Gasteiger partial charge in [-0.3, -0.25) is 14.6 Å². The molecular formula is C18H19N3O3. The van der Waals surface area contributed by atoms with E-state index in [2.05, 4.69) is 10.3 Å². The number of hydrogen-bond acceptors (Lipinski definition) is 5. The lowest BCUT2D eigenvalue weighted by molar-refractivity contribution is 0.0302. The van der Waals surface area contributed by atoms with Crippen LogP contribution in [0.2, 0.25) is 0 Å². The summed E-state index contributed by atoms with van der Waals surface area (Å²) in [6.07, 6.45) is 3.21. The fraction of sp³-hybridized carbons (Fsp3) is 0.278. The van der Waals surface area contributed by atoms with Crippen molar-refractivity contribution in [1.82, 2.24) is 9.88 Å². The summed E-state index contributed by atoms with van der Waals surface area (Å²) in [4.78, 5) is 29.9. The lowest BCUT2D eigenvalue weighted by Gasteiger charge is -2.26. The van der Waals surface area contributed by atoms with Crippen molar-refractivity contribution in [3.63, 3.8) is 0 Å². The van der Waals surface area contributed by atoms with Crippen molar-refractivity contribution in [3.05, 3.63) is 53.9 Å². The van der Waals surface area contributed by atoms with Crippen LogP contribution in [-0.4, -0.2) is 47.9 Å². The maximum absolute atomic E-state index is 12.5. The van der Waals surface area contributed by atoms with E-state index in [1.807, 2.05) is 12.1 Å². The molecule has 6 nitrogen and oxygen atoms in total. The van der Waals surface area contributed by atoms with Gasteiger partial charge in [0.05, 0.1) is 30.7 Å². The number of amides is 1. The summed E-state index contributed by atoms with van der Waals surface area (Å²) in [5, 5.41) is 3.19. The normalized spacial score (nSPS) is 14.3. The van der Waals surface area contributed by atoms with Crippen LogP contribution in [0.4, 0.5) is 11.4 Å². The number of carbonyl (C=O) groups is 2. The molecule has 0 aliphatic carbocycles. The second-order valence-electron chi connectivity index (χ2n) is 5.63. The van der Waals surface area contributed by atoms with Crippen LogP contribution in [0.1, 0.15) is 27.6 Å². The van der Waals surface area contributed by atoms with Gasteiger partial charge in [-0.2, -0.15) is 0 Å². The number of carbonyl (C=O) groups excluding carboxylic acids is 2. The van der Waals surface area contributed by atoms with Gasteiger partial charge in [0.25, 0.3) is 5.91 Å². The maximum atomic E-state index is 12.5. The highest BCUT2D eigenvalue weighted by Gasteiger charge is 2.19. The first-order valence-corrected chi connectivity index (χ1v) is 7.83. The van der Waals surface area contributed by atoms with Crippen molar-refractivity contribution in [2.45, 2.75) is 6.92 Å². The third kappa shape index (κ3) is 3.78. The van der Waals surface area contributed by atoms with Crippen LogP contribution in [0, 0.1) is 0 Å². The molecule has 1 aromatic heterocycles. The van der Waals surface area contributed by atoms with Crippen molar-refractivity contribution in [3.8, 4) is 0 Å². The van der Waals surface area contributed by atoms with Gasteiger partial charge in [-0.1, -0.05) is 12.1 Å². The van der Waals surface area contributed by atoms with E-state index in [4.69, 9.17) is 4.74 Å². The standard InChI is InChI=1S/C18H19N3O3/c1-13(22)14-3-2-4-16(9-14)20-17-10-15(11-19-12-17)18(23)21-5-7-24-8-6-21/h2-4,9-12,20H,5-8H2,1H3. The van der Waals surface area contributed by atoms with Crippen LogP contribution in [0.3, 0.4) is 0 Å². The zero-order valence-corrected chi connectivity index (χ0v) is 13.5. The van der Waals surface area contributed by atoms with E-state index in [1.54, 1.807) is 35.5 Å². The molecule has 0 saturated carbocycles. The minimum Gasteiger partial charge on any atom is -0.378 e. The zero-order valence-electron chi connectivity index (χ0n) is 13.5. The maximum Gasteiger partial charge on any atom is 0.255 e. The average molecular weight is 325 g/mol. The summed E-state index contributed by atoms with van der Waals surface area (Å²) < 4.78 is 5.27. The van der Waals surface area contributed by atoms with Gasteiger partial charge >= 0.3 is 0 Å². The fourth-order valence-electron chi connectivity index (χ4n) is 2.56. The van der Waals surface area contributed by atoms with E-state index in [9.17, 15) is 9.59 Å². The Morgan fingerprint density at radius 1 is 1.08 bits per heavy atom. The Bertz CT molecular complexity index is 755. The lowest BCUT2D eigenvalue weighted by atomic mass is 10.1. The molecule has 1 aliphatic rings. The average Bonchev–Trinajstić information content (AvgIpc) is 2.62. The number of hydrogen-bond donors (Lipinski definition) is 1. The molecule has 0 spiro atoms. The highest BCUT2D eigenvalue weighted by Crippen LogP contribution is 2.19. The monoisotopic (exact) mass is 325 g/mol. The predicted octanol–water partition coefficient (Wildman–Crippen LogP) is 2.50. The lowest BCUT2D eigenvalue weighted by Crippen LogP contribution is -2.40. The van der Waals surface area contributed by atoms with Crippen molar-refractivity contribution in [2.75, 3.05) is 31.6 Å². The molecule has 3 rings (SSSR count). The Hall–Kier alpha value is -2.73. The number of anilines is 2. The van der Waals surface area contributed by atoms with Gasteiger partial charge in [-0.15, -0.1) is 0 Å². The Kier molecular flexibility index (Phi) is 4.86. The Labute approximate surface area is 140 Å². The van der Waals surface area contributed by atoms with E-state index >= 15 is 0 Å². The minimum atomic E-state index is -0.0491. The van der Waals surface area contributed by atoms with E-state index in [-0.39, 0.29) is 11.7 Å². The molecule has 1 saturated heterocycles. The van der Waals surface area contributed by atoms with Crippen molar-refractivity contribution in [1.29, 1.82) is 0 Å². The van der Waals surface area contributed by atoms with Crippen LogP contribution >= 0.6 is 0 Å². The molecule has 1 N–H and O–H groups in total. The van der Waals surface area contributed by atoms with Crippen LogP contribution in [0.5, 0.6) is 0 Å². The summed E-state index contributed by atoms with van der Waals surface area (Å²) in [5.41, 5.74) is 2.65. The number of morpholine rings is 1. The van der Waals surface area contributed by atoms with E-state index < -0.39 is 0 Å². The quantitative estimate of drug-likeness (QED) is 0.875. The van der Waals surface area contributed by atoms with Gasteiger partial charge in [0, 0.05) is 30.5 Å². The van der Waals surface area contributed by atoms with Crippen LogP contribution in [0.15, 0.2) is 42.7 Å². The number of pyridine rings is 1. The molecular weight excluding hydrogens is 306 g/mol. The number of nitrogens with zero attached hydrogens (tertiary/aromatic N) is 2. The first-order chi connectivity index (χ1) is 11.6. The molecule has 0 unspecified atom stereocenters. The first kappa shape index (κ1) is 16.1. The highest BCUT2D eigenvalue weighted by molar-refractivity contribution is 5.96. The minimum absolute atomic E-state index is 0.00743. The number of ether oxygens (including phenoxy) is 1. The Morgan fingerprint density at radius 2 is 1.83 bits per heavy atom. The topological polar surface area (TPSA) is 71.5 Å². The van der Waals surface area contributed by atoms with E-state index in [1.165, 1.54) is 6.92 Å². The van der Waals surface area contributed by atoms with Crippen LogP contribution in [-0.2, 0) is 4.74 Å². The molecule has 1 aromatic carbocycles. The summed E-state index contributed by atoms with van der Waals surface area (Å²) in [6.45, 7) is 3.85. The van der Waals surface area contributed by atoms with Gasteiger partial charge < -0.3 is 15.0 Å². The van der Waals surface area contributed by atoms with Crippen molar-refractivity contribution < 1.29 is 14.3 Å². The van der Waals surface area contributed by atoms with Crippen LogP contribution in [0.25, 0.3) is 0 Å². The third-order valence-corrected chi connectivity index (χ3v) is 3.84. The Morgan fingerprint density at radius 3 is 2.58 bits per heavy atom. The molecule has 1 amide bonds. The largest absolute Gasteiger partial charge is 0.378 e. The number of nitrogens with one attached hydrogen (secondary N) is 1. The Balaban J connectivity index is 1.76. The molecule has 1 fully saturated rings. The summed E-state index contributed by atoms with van der Waals surface area (Å²) in [7, 11) is 0. The second-order valence-corrected chi connectivity index (χ2v) is 5.63. The molecule has 0 bridgehead atoms. The zero-order chi connectivity index (χ0) is 16.9. The number of aromatic nitrogens is 1. The van der Waals surface area contributed by atoms with Gasteiger partial charge in [0.2, 0.25) is 0 Å². The first-order valence-electron chi connectivity index (χ1n) is 7.83. The second kappa shape index (κ2) is 7.23. The predicted molar refractivity (Wildman–Crippen MR) is 90.7 cm³/mol. The number of ketones is 1. The summed E-state index contributed by atoms with van der Waals surface area (Å²) in [5.74, 6) is -0.0417. The van der Waals surface area contributed by atoms with Crippen molar-refractivity contribution in [2.24, 2.45) is 0 Å². The molecule has 24 heavy (non-hydrogen) atoms. The van der Waals surface area contributed by atoms with Crippen LogP contribution < -0.4 is 5.32 Å². The number of rotatable bonds is 4. The molecule has 1 aliphatic heterocycles. The van der Waals surface area contributed by atoms with Gasteiger partial charge in [-0.05, 0) is 25.1 Å².